The van der Waals surface area contributed by atoms with Gasteiger partial charge in [-0.2, -0.15) is 4.31 Å². The summed E-state index contributed by atoms with van der Waals surface area (Å²) in [7, 11) is -3.16. The monoisotopic (exact) mass is 194 g/mol. The zero-order chi connectivity index (χ0) is 9.35. The first kappa shape index (κ1) is 9.91. The number of sulfonamides is 1. The fourth-order valence-corrected chi connectivity index (χ4v) is 2.08. The largest absolute Gasteiger partial charge is 0.390 e. The summed E-state index contributed by atoms with van der Waals surface area (Å²) < 4.78 is 23.3. The Kier molecular flexibility index (Phi) is 2.72. The Balaban J connectivity index is 2.64. The first-order valence-corrected chi connectivity index (χ1v) is 5.65. The van der Waals surface area contributed by atoms with Gasteiger partial charge in [-0.05, 0) is 6.42 Å². The summed E-state index contributed by atoms with van der Waals surface area (Å²) in [6.45, 7) is 0.539. The molecule has 12 heavy (non-hydrogen) atoms. The zero-order valence-corrected chi connectivity index (χ0v) is 7.79. The van der Waals surface area contributed by atoms with Gasteiger partial charge >= 0.3 is 0 Å². The lowest BCUT2D eigenvalue weighted by atomic mass is 10.1. The van der Waals surface area contributed by atoms with E-state index in [2.05, 4.69) is 0 Å². The van der Waals surface area contributed by atoms with Gasteiger partial charge in [-0.15, -0.1) is 0 Å². The van der Waals surface area contributed by atoms with Crippen LogP contribution in [0.3, 0.4) is 0 Å². The van der Waals surface area contributed by atoms with E-state index in [1.807, 2.05) is 0 Å². The minimum absolute atomic E-state index is 0.125. The van der Waals surface area contributed by atoms with E-state index < -0.39 is 16.1 Å². The van der Waals surface area contributed by atoms with Crippen molar-refractivity contribution in [1.29, 1.82) is 0 Å². The molecule has 1 heterocycles. The fraction of sp³-hybridized carbons (Fsp3) is 1.00. The summed E-state index contributed by atoms with van der Waals surface area (Å²) in [6.07, 6.45) is 0.929. The van der Waals surface area contributed by atoms with Crippen molar-refractivity contribution in [3.05, 3.63) is 0 Å². The molecule has 2 atom stereocenters. The van der Waals surface area contributed by atoms with E-state index in [-0.39, 0.29) is 12.6 Å². The van der Waals surface area contributed by atoms with Gasteiger partial charge in [0.2, 0.25) is 10.0 Å². The van der Waals surface area contributed by atoms with Crippen molar-refractivity contribution in [2.75, 3.05) is 19.3 Å². The Morgan fingerprint density at radius 1 is 1.58 bits per heavy atom. The summed E-state index contributed by atoms with van der Waals surface area (Å²) in [5.41, 5.74) is 5.51. The van der Waals surface area contributed by atoms with Crippen molar-refractivity contribution in [3.8, 4) is 0 Å². The molecular weight excluding hydrogens is 180 g/mol. The molecule has 6 heteroatoms. The third kappa shape index (κ3) is 2.16. The minimum atomic E-state index is -3.16. The number of rotatable bonds is 1. The third-order valence-electron chi connectivity index (χ3n) is 2.07. The molecule has 0 radical (unpaired) electrons. The second kappa shape index (κ2) is 3.29. The van der Waals surface area contributed by atoms with Gasteiger partial charge in [0.15, 0.2) is 0 Å². The van der Waals surface area contributed by atoms with Crippen LogP contribution in [0.5, 0.6) is 0 Å². The molecule has 3 N–H and O–H groups in total. The summed E-state index contributed by atoms with van der Waals surface area (Å²) in [5.74, 6) is 0. The molecule has 0 aromatic heterocycles. The predicted molar refractivity (Wildman–Crippen MR) is 45.0 cm³/mol. The summed E-state index contributed by atoms with van der Waals surface area (Å²) in [5, 5.41) is 9.28. The quantitative estimate of drug-likeness (QED) is 0.523. The van der Waals surface area contributed by atoms with Crippen LogP contribution in [0.15, 0.2) is 0 Å². The topological polar surface area (TPSA) is 83.6 Å². The Morgan fingerprint density at radius 3 is 2.58 bits per heavy atom. The van der Waals surface area contributed by atoms with Crippen LogP contribution in [0.1, 0.15) is 6.42 Å². The standard InChI is InChI=1S/C6H14N2O3S/c1-12(10,11)8-3-2-5(7)6(9)4-8/h5-6,9H,2-4,7H2,1H3/t5-,6-/m0/s1. The van der Waals surface area contributed by atoms with Crippen LogP contribution in [-0.4, -0.2) is 49.3 Å². The normalized spacial score (nSPS) is 33.6. The van der Waals surface area contributed by atoms with E-state index in [0.717, 1.165) is 6.26 Å². The Labute approximate surface area is 72.2 Å². The second-order valence-corrected chi connectivity index (χ2v) is 5.12. The Morgan fingerprint density at radius 2 is 2.17 bits per heavy atom. The van der Waals surface area contributed by atoms with Crippen LogP contribution in [0, 0.1) is 0 Å². The summed E-state index contributed by atoms with van der Waals surface area (Å²) >= 11 is 0. The molecule has 72 valence electrons. The van der Waals surface area contributed by atoms with Crippen LogP contribution in [-0.2, 0) is 10.0 Å². The first-order chi connectivity index (χ1) is 5.41. The highest BCUT2D eigenvalue weighted by atomic mass is 32.2. The highest BCUT2D eigenvalue weighted by molar-refractivity contribution is 7.88. The van der Waals surface area contributed by atoms with Gasteiger partial charge in [0.25, 0.3) is 0 Å². The third-order valence-corrected chi connectivity index (χ3v) is 3.34. The molecule has 0 amide bonds. The SMILES string of the molecule is CS(=O)(=O)N1CC[C@H](N)[C@@H](O)C1. The maximum absolute atomic E-state index is 11.0. The lowest BCUT2D eigenvalue weighted by molar-refractivity contribution is 0.0880. The van der Waals surface area contributed by atoms with Gasteiger partial charge in [0.05, 0.1) is 12.4 Å². The molecule has 0 spiro atoms. The molecule has 0 aliphatic carbocycles. The molecule has 1 aliphatic rings. The number of nitrogens with zero attached hydrogens (tertiary/aromatic N) is 1. The van der Waals surface area contributed by atoms with Crippen LogP contribution in [0.2, 0.25) is 0 Å². The summed E-state index contributed by atoms with van der Waals surface area (Å²) in [6, 6.07) is -0.289. The highest BCUT2D eigenvalue weighted by Gasteiger charge is 2.29. The van der Waals surface area contributed by atoms with E-state index in [9.17, 15) is 13.5 Å². The fourth-order valence-electron chi connectivity index (χ4n) is 1.22. The van der Waals surface area contributed by atoms with Gasteiger partial charge in [-0.3, -0.25) is 0 Å². The smallest absolute Gasteiger partial charge is 0.211 e. The molecule has 0 saturated carbocycles. The number of hydrogen-bond acceptors (Lipinski definition) is 4. The van der Waals surface area contributed by atoms with E-state index in [1.165, 1.54) is 4.31 Å². The Hall–Kier alpha value is -0.170. The zero-order valence-electron chi connectivity index (χ0n) is 6.97. The van der Waals surface area contributed by atoms with Crippen LogP contribution < -0.4 is 5.73 Å². The molecule has 5 nitrogen and oxygen atoms in total. The van der Waals surface area contributed by atoms with Crippen LogP contribution >= 0.6 is 0 Å². The Bertz CT molecular complexity index is 252. The van der Waals surface area contributed by atoms with Gasteiger partial charge in [-0.1, -0.05) is 0 Å². The summed E-state index contributed by atoms with van der Waals surface area (Å²) in [4.78, 5) is 0. The average molecular weight is 194 g/mol. The number of aliphatic hydroxyl groups is 1. The van der Waals surface area contributed by atoms with E-state index in [1.54, 1.807) is 0 Å². The maximum Gasteiger partial charge on any atom is 0.211 e. The van der Waals surface area contributed by atoms with Gasteiger partial charge in [0, 0.05) is 19.1 Å². The molecule has 1 saturated heterocycles. The van der Waals surface area contributed by atoms with Crippen LogP contribution in [0.4, 0.5) is 0 Å². The minimum Gasteiger partial charge on any atom is -0.390 e. The molecule has 0 aromatic rings. The van der Waals surface area contributed by atoms with E-state index >= 15 is 0 Å². The molecular formula is C6H14N2O3S. The molecule has 1 fully saturated rings. The number of hydrogen-bond donors (Lipinski definition) is 2. The molecule has 0 bridgehead atoms. The molecule has 1 rings (SSSR count). The van der Waals surface area contributed by atoms with Crippen LogP contribution in [0.25, 0.3) is 0 Å². The van der Waals surface area contributed by atoms with Crippen molar-refractivity contribution >= 4 is 10.0 Å². The lowest BCUT2D eigenvalue weighted by Gasteiger charge is -2.32. The molecule has 1 aliphatic heterocycles. The highest BCUT2D eigenvalue weighted by Crippen LogP contribution is 2.11. The van der Waals surface area contributed by atoms with Crippen molar-refractivity contribution in [2.24, 2.45) is 5.73 Å². The van der Waals surface area contributed by atoms with Crippen molar-refractivity contribution in [2.45, 2.75) is 18.6 Å². The molecule has 0 aromatic carbocycles. The van der Waals surface area contributed by atoms with E-state index in [4.69, 9.17) is 5.73 Å². The maximum atomic E-state index is 11.0. The van der Waals surface area contributed by atoms with Crippen molar-refractivity contribution in [3.63, 3.8) is 0 Å². The number of piperidine rings is 1. The number of nitrogens with two attached hydrogens (primary N) is 1. The molecule has 0 unspecified atom stereocenters. The average Bonchev–Trinajstić information content (AvgIpc) is 1.92. The van der Waals surface area contributed by atoms with Crippen molar-refractivity contribution in [1.82, 2.24) is 4.31 Å². The van der Waals surface area contributed by atoms with Crippen molar-refractivity contribution < 1.29 is 13.5 Å². The predicted octanol–water partition coefficient (Wildman–Crippen LogP) is -1.66. The van der Waals surface area contributed by atoms with E-state index in [0.29, 0.717) is 13.0 Å². The van der Waals surface area contributed by atoms with Gasteiger partial charge in [-0.25, -0.2) is 8.42 Å². The second-order valence-electron chi connectivity index (χ2n) is 3.14. The lowest BCUT2D eigenvalue weighted by Crippen LogP contribution is -2.51. The van der Waals surface area contributed by atoms with Gasteiger partial charge < -0.3 is 10.8 Å². The number of aliphatic hydroxyl groups excluding tert-OH is 1. The van der Waals surface area contributed by atoms with Gasteiger partial charge in [0.1, 0.15) is 0 Å². The number of β-amino-alcohol motifs (C(OH)–C–C–N with tert-alkyl or cyclic N) is 1. The first-order valence-electron chi connectivity index (χ1n) is 3.80.